The van der Waals surface area contributed by atoms with Gasteiger partial charge in [0.05, 0.1) is 22.5 Å². The van der Waals surface area contributed by atoms with Crippen molar-refractivity contribution in [3.05, 3.63) is 105 Å². The largest absolute Gasteiger partial charge is 0.269 e. The molecule has 8 heteroatoms. The van der Waals surface area contributed by atoms with E-state index >= 15 is 0 Å². The van der Waals surface area contributed by atoms with Crippen LogP contribution in [-0.4, -0.2) is 21.1 Å². The Labute approximate surface area is 186 Å². The Bertz CT molecular complexity index is 1230. The van der Waals surface area contributed by atoms with Crippen LogP contribution in [0.15, 0.2) is 94.5 Å². The SMILES string of the molecule is O=[N+]([O-])c1ccc(/C=N/Nc2nc(-c3ccccc3)cc(-c3ccc(Br)cc3)n2)cc1. The lowest BCUT2D eigenvalue weighted by molar-refractivity contribution is -0.384. The van der Waals surface area contributed by atoms with E-state index in [-0.39, 0.29) is 5.69 Å². The number of hydrogen-bond donors (Lipinski definition) is 1. The number of hydrogen-bond acceptors (Lipinski definition) is 6. The number of aromatic nitrogens is 2. The first kappa shape index (κ1) is 20.4. The summed E-state index contributed by atoms with van der Waals surface area (Å²) in [4.78, 5) is 19.5. The predicted molar refractivity (Wildman–Crippen MR) is 125 cm³/mol. The number of benzene rings is 3. The van der Waals surface area contributed by atoms with Gasteiger partial charge in [-0.1, -0.05) is 58.4 Å². The van der Waals surface area contributed by atoms with E-state index in [4.69, 9.17) is 0 Å². The highest BCUT2D eigenvalue weighted by Gasteiger charge is 2.09. The summed E-state index contributed by atoms with van der Waals surface area (Å²) in [5, 5.41) is 15.0. The molecule has 4 aromatic rings. The monoisotopic (exact) mass is 473 g/mol. The van der Waals surface area contributed by atoms with Crippen LogP contribution in [0.3, 0.4) is 0 Å². The average molecular weight is 474 g/mol. The quantitative estimate of drug-likeness (QED) is 0.213. The van der Waals surface area contributed by atoms with Crippen molar-refractivity contribution in [2.45, 2.75) is 0 Å². The van der Waals surface area contributed by atoms with Gasteiger partial charge in [-0.3, -0.25) is 10.1 Å². The van der Waals surface area contributed by atoms with Crippen LogP contribution < -0.4 is 5.43 Å². The molecule has 0 saturated carbocycles. The van der Waals surface area contributed by atoms with E-state index in [1.807, 2.05) is 60.7 Å². The third-order valence-corrected chi connectivity index (χ3v) is 4.95. The van der Waals surface area contributed by atoms with Gasteiger partial charge in [-0.15, -0.1) is 0 Å². The number of rotatable bonds is 6. The maximum Gasteiger partial charge on any atom is 0.269 e. The molecule has 1 N–H and O–H groups in total. The first-order valence-corrected chi connectivity index (χ1v) is 10.1. The highest BCUT2D eigenvalue weighted by molar-refractivity contribution is 9.10. The maximum atomic E-state index is 10.8. The number of hydrazone groups is 1. The van der Waals surface area contributed by atoms with Gasteiger partial charge in [0.1, 0.15) is 0 Å². The topological polar surface area (TPSA) is 93.3 Å². The summed E-state index contributed by atoms with van der Waals surface area (Å²) in [6.07, 6.45) is 1.56. The second-order valence-corrected chi connectivity index (χ2v) is 7.47. The van der Waals surface area contributed by atoms with Gasteiger partial charge in [-0.2, -0.15) is 5.10 Å². The second kappa shape index (κ2) is 9.27. The Morgan fingerprint density at radius 3 is 2.10 bits per heavy atom. The lowest BCUT2D eigenvalue weighted by Gasteiger charge is -2.08. The zero-order valence-electron chi connectivity index (χ0n) is 16.1. The van der Waals surface area contributed by atoms with Crippen molar-refractivity contribution >= 4 is 33.8 Å². The van der Waals surface area contributed by atoms with Crippen molar-refractivity contribution in [3.63, 3.8) is 0 Å². The molecule has 0 unspecified atom stereocenters. The standard InChI is InChI=1S/C23H16BrN5O2/c24-19-10-8-18(9-11-19)22-14-21(17-4-2-1-3-5-17)26-23(27-22)28-25-15-16-6-12-20(13-7-16)29(30)31/h1-15H,(H,26,27,28)/b25-15+. The molecule has 0 atom stereocenters. The van der Waals surface area contributed by atoms with Gasteiger partial charge in [0, 0.05) is 27.7 Å². The van der Waals surface area contributed by atoms with Crippen molar-refractivity contribution in [2.75, 3.05) is 5.43 Å². The Kier molecular flexibility index (Phi) is 6.09. The fourth-order valence-corrected chi connectivity index (χ4v) is 3.13. The first-order chi connectivity index (χ1) is 15.1. The number of nitro groups is 1. The zero-order valence-corrected chi connectivity index (χ0v) is 17.7. The van der Waals surface area contributed by atoms with E-state index in [1.54, 1.807) is 18.3 Å². The van der Waals surface area contributed by atoms with E-state index in [1.165, 1.54) is 12.1 Å². The summed E-state index contributed by atoms with van der Waals surface area (Å²) in [6.45, 7) is 0. The first-order valence-electron chi connectivity index (χ1n) is 9.32. The molecule has 1 heterocycles. The zero-order chi connectivity index (χ0) is 21.6. The Morgan fingerprint density at radius 1 is 0.871 bits per heavy atom. The van der Waals surface area contributed by atoms with Crippen LogP contribution in [0.2, 0.25) is 0 Å². The molecule has 0 bridgehead atoms. The van der Waals surface area contributed by atoms with Crippen LogP contribution in [0.1, 0.15) is 5.56 Å². The van der Waals surface area contributed by atoms with Gasteiger partial charge in [0.2, 0.25) is 5.95 Å². The molecule has 7 nitrogen and oxygen atoms in total. The van der Waals surface area contributed by atoms with Crippen molar-refractivity contribution in [2.24, 2.45) is 5.10 Å². The highest BCUT2D eigenvalue weighted by atomic mass is 79.9. The molecule has 0 radical (unpaired) electrons. The third-order valence-electron chi connectivity index (χ3n) is 4.42. The minimum absolute atomic E-state index is 0.0307. The number of nitrogens with zero attached hydrogens (tertiary/aromatic N) is 4. The van der Waals surface area contributed by atoms with E-state index in [0.717, 1.165) is 27.0 Å². The fourth-order valence-electron chi connectivity index (χ4n) is 2.87. The molecular formula is C23H16BrN5O2. The molecule has 0 fully saturated rings. The second-order valence-electron chi connectivity index (χ2n) is 6.55. The van der Waals surface area contributed by atoms with Crippen LogP contribution in [0.25, 0.3) is 22.5 Å². The Hall–Kier alpha value is -3.91. The lowest BCUT2D eigenvalue weighted by atomic mass is 10.1. The van der Waals surface area contributed by atoms with E-state index in [2.05, 4.69) is 36.4 Å². The van der Waals surface area contributed by atoms with E-state index in [0.29, 0.717) is 11.5 Å². The van der Waals surface area contributed by atoms with Crippen molar-refractivity contribution < 1.29 is 4.92 Å². The molecule has 152 valence electrons. The number of nitro benzene ring substituents is 1. The summed E-state index contributed by atoms with van der Waals surface area (Å²) in [5.41, 5.74) is 7.05. The molecule has 0 amide bonds. The molecule has 0 aliphatic rings. The molecule has 0 aliphatic carbocycles. The minimum atomic E-state index is -0.439. The lowest BCUT2D eigenvalue weighted by Crippen LogP contribution is -2.00. The van der Waals surface area contributed by atoms with Crippen molar-refractivity contribution in [1.82, 2.24) is 9.97 Å². The number of anilines is 1. The van der Waals surface area contributed by atoms with Crippen molar-refractivity contribution in [1.29, 1.82) is 0 Å². The summed E-state index contributed by atoms with van der Waals surface area (Å²) in [5.74, 6) is 0.345. The summed E-state index contributed by atoms with van der Waals surface area (Å²) in [7, 11) is 0. The van der Waals surface area contributed by atoms with Crippen LogP contribution in [0.5, 0.6) is 0 Å². The molecule has 3 aromatic carbocycles. The molecule has 4 rings (SSSR count). The van der Waals surface area contributed by atoms with Crippen LogP contribution in [-0.2, 0) is 0 Å². The Morgan fingerprint density at radius 2 is 1.48 bits per heavy atom. The maximum absolute atomic E-state index is 10.8. The van der Waals surface area contributed by atoms with Gasteiger partial charge < -0.3 is 0 Å². The van der Waals surface area contributed by atoms with Gasteiger partial charge in [-0.25, -0.2) is 15.4 Å². The molecule has 0 saturated heterocycles. The summed E-state index contributed by atoms with van der Waals surface area (Å²) >= 11 is 3.45. The van der Waals surface area contributed by atoms with E-state index < -0.39 is 4.92 Å². The molecular weight excluding hydrogens is 458 g/mol. The number of non-ortho nitro benzene ring substituents is 1. The number of nitrogens with one attached hydrogen (secondary N) is 1. The highest BCUT2D eigenvalue weighted by Crippen LogP contribution is 2.26. The van der Waals surface area contributed by atoms with Crippen LogP contribution in [0, 0.1) is 10.1 Å². The average Bonchev–Trinajstić information content (AvgIpc) is 2.80. The summed E-state index contributed by atoms with van der Waals surface area (Å²) in [6, 6.07) is 25.7. The van der Waals surface area contributed by atoms with Gasteiger partial charge in [-0.05, 0) is 35.9 Å². The minimum Gasteiger partial charge on any atom is -0.258 e. The van der Waals surface area contributed by atoms with E-state index in [9.17, 15) is 10.1 Å². The van der Waals surface area contributed by atoms with Crippen LogP contribution in [0.4, 0.5) is 11.6 Å². The molecule has 0 spiro atoms. The summed E-state index contributed by atoms with van der Waals surface area (Å²) < 4.78 is 0.986. The van der Waals surface area contributed by atoms with Crippen LogP contribution >= 0.6 is 15.9 Å². The van der Waals surface area contributed by atoms with Gasteiger partial charge >= 0.3 is 0 Å². The third kappa shape index (κ3) is 5.18. The molecule has 1 aromatic heterocycles. The van der Waals surface area contributed by atoms with Crippen molar-refractivity contribution in [3.8, 4) is 22.5 Å². The number of halogens is 1. The fraction of sp³-hybridized carbons (Fsp3) is 0. The predicted octanol–water partition coefficient (Wildman–Crippen LogP) is 5.93. The van der Waals surface area contributed by atoms with Gasteiger partial charge in [0.25, 0.3) is 5.69 Å². The Balaban J connectivity index is 1.63. The molecule has 0 aliphatic heterocycles. The normalized spacial score (nSPS) is 10.9. The van der Waals surface area contributed by atoms with Gasteiger partial charge in [0.15, 0.2) is 0 Å². The molecule has 31 heavy (non-hydrogen) atoms. The smallest absolute Gasteiger partial charge is 0.258 e.